The van der Waals surface area contributed by atoms with E-state index in [-0.39, 0.29) is 59.8 Å². The van der Waals surface area contributed by atoms with Crippen LogP contribution in [0.4, 0.5) is 0 Å². The second kappa shape index (κ2) is 15.6. The van der Waals surface area contributed by atoms with Gasteiger partial charge in [0.25, 0.3) is 0 Å². The van der Waals surface area contributed by atoms with Crippen molar-refractivity contribution >= 4 is 23.7 Å². The first-order chi connectivity index (χ1) is 21.8. The first-order valence-corrected chi connectivity index (χ1v) is 17.4. The van der Waals surface area contributed by atoms with Gasteiger partial charge in [-0.25, -0.2) is 4.79 Å². The highest BCUT2D eigenvalue weighted by molar-refractivity contribution is 5.96. The number of carbonyl (C=O) groups excluding carboxylic acids is 4. The minimum atomic E-state index is -0.683. The molecule has 1 aromatic carbocycles. The molecule has 2 unspecified atom stereocenters. The van der Waals surface area contributed by atoms with Crippen LogP contribution in [0.3, 0.4) is 0 Å². The van der Waals surface area contributed by atoms with Crippen molar-refractivity contribution in [1.82, 2.24) is 20.0 Å². The van der Waals surface area contributed by atoms with Crippen molar-refractivity contribution in [3.05, 3.63) is 47.0 Å². The summed E-state index contributed by atoms with van der Waals surface area (Å²) in [6.45, 7) is 15.3. The molecule has 3 aliphatic rings. The number of esters is 1. The van der Waals surface area contributed by atoms with Gasteiger partial charge in [0.1, 0.15) is 18.2 Å². The fourth-order valence-electron chi connectivity index (χ4n) is 7.40. The quantitative estimate of drug-likeness (QED) is 0.270. The molecule has 9 heteroatoms. The lowest BCUT2D eigenvalue weighted by atomic mass is 9.95. The van der Waals surface area contributed by atoms with Gasteiger partial charge >= 0.3 is 5.97 Å². The third-order valence-corrected chi connectivity index (χ3v) is 10.1. The van der Waals surface area contributed by atoms with Gasteiger partial charge in [-0.15, -0.1) is 0 Å². The maximum Gasteiger partial charge on any atom is 0.329 e. The molecule has 1 aliphatic carbocycles. The van der Waals surface area contributed by atoms with Crippen molar-refractivity contribution in [3.63, 3.8) is 0 Å². The molecule has 2 fully saturated rings. The SMILES string of the molecule is CC(=C[C@H](C(C)C)N(C)C(=O)[C@@H](NC(=O)C1CCCCN1C(C)C)C(C)C)C(=O)N1CCC[C@H]1C(=O)OC1CCc2ccccc21. The zero-order valence-corrected chi connectivity index (χ0v) is 29.3. The number of ether oxygens (including phenoxy) is 1. The number of hydrogen-bond acceptors (Lipinski definition) is 6. The minimum absolute atomic E-state index is 0.0109. The molecule has 5 atom stereocenters. The van der Waals surface area contributed by atoms with E-state index in [9.17, 15) is 19.2 Å². The zero-order valence-electron chi connectivity index (χ0n) is 29.3. The van der Waals surface area contributed by atoms with Crippen molar-refractivity contribution in [2.24, 2.45) is 11.8 Å². The van der Waals surface area contributed by atoms with E-state index >= 15 is 0 Å². The Morgan fingerprint density at radius 3 is 2.28 bits per heavy atom. The molecule has 9 nitrogen and oxygen atoms in total. The average Bonchev–Trinajstić information content (AvgIpc) is 3.68. The Morgan fingerprint density at radius 1 is 0.913 bits per heavy atom. The Hall–Kier alpha value is -3.20. The molecule has 0 radical (unpaired) electrons. The summed E-state index contributed by atoms with van der Waals surface area (Å²) >= 11 is 0. The highest BCUT2D eigenvalue weighted by Gasteiger charge is 2.39. The Morgan fingerprint density at radius 2 is 1.61 bits per heavy atom. The Bertz CT molecular complexity index is 1290. The summed E-state index contributed by atoms with van der Waals surface area (Å²) in [6.07, 6.45) is 7.38. The van der Waals surface area contributed by atoms with E-state index in [2.05, 4.69) is 30.1 Å². The van der Waals surface area contributed by atoms with E-state index in [0.29, 0.717) is 18.5 Å². The monoisotopic (exact) mass is 636 g/mol. The Balaban J connectivity index is 1.44. The second-order valence-corrected chi connectivity index (χ2v) is 14.4. The highest BCUT2D eigenvalue weighted by Crippen LogP contribution is 2.35. The maximum atomic E-state index is 14.0. The molecule has 4 rings (SSSR count). The lowest BCUT2D eigenvalue weighted by Crippen LogP contribution is -2.58. The summed E-state index contributed by atoms with van der Waals surface area (Å²) in [6, 6.07) is 6.39. The number of likely N-dealkylation sites (tertiary alicyclic amines) is 2. The minimum Gasteiger partial charge on any atom is -0.456 e. The molecule has 0 spiro atoms. The van der Waals surface area contributed by atoms with Crippen molar-refractivity contribution < 1.29 is 23.9 Å². The molecule has 254 valence electrons. The average molecular weight is 637 g/mol. The van der Waals surface area contributed by atoms with E-state index in [1.54, 1.807) is 23.8 Å². The van der Waals surface area contributed by atoms with E-state index in [1.165, 1.54) is 5.56 Å². The predicted octanol–water partition coefficient (Wildman–Crippen LogP) is 5.04. The fraction of sp³-hybridized carbons (Fsp3) is 0.676. The number of hydrogen-bond donors (Lipinski definition) is 1. The summed E-state index contributed by atoms with van der Waals surface area (Å²) in [5.74, 6) is -0.931. The van der Waals surface area contributed by atoms with Gasteiger partial charge in [0, 0.05) is 25.2 Å². The number of aryl methyl sites for hydroxylation is 1. The number of fused-ring (bicyclic) bond motifs is 1. The van der Waals surface area contributed by atoms with Gasteiger partial charge in [0.2, 0.25) is 17.7 Å². The van der Waals surface area contributed by atoms with Crippen molar-refractivity contribution in [3.8, 4) is 0 Å². The van der Waals surface area contributed by atoms with Crippen LogP contribution in [0.1, 0.15) is 104 Å². The van der Waals surface area contributed by atoms with Gasteiger partial charge in [-0.3, -0.25) is 19.3 Å². The first kappa shape index (κ1) is 35.7. The van der Waals surface area contributed by atoms with Crippen LogP contribution in [-0.2, 0) is 30.3 Å². The lowest BCUT2D eigenvalue weighted by molar-refractivity contribution is -0.157. The van der Waals surface area contributed by atoms with E-state index < -0.39 is 12.1 Å². The van der Waals surface area contributed by atoms with Crippen LogP contribution in [0.15, 0.2) is 35.9 Å². The zero-order chi connectivity index (χ0) is 33.7. The van der Waals surface area contributed by atoms with E-state index in [4.69, 9.17) is 4.74 Å². The van der Waals surface area contributed by atoms with E-state index in [0.717, 1.165) is 50.6 Å². The predicted molar refractivity (Wildman–Crippen MR) is 180 cm³/mol. The van der Waals surface area contributed by atoms with Gasteiger partial charge < -0.3 is 19.9 Å². The summed E-state index contributed by atoms with van der Waals surface area (Å²) in [5.41, 5.74) is 2.76. The second-order valence-electron chi connectivity index (χ2n) is 14.4. The Kier molecular flexibility index (Phi) is 12.1. The number of nitrogens with zero attached hydrogens (tertiary/aromatic N) is 3. The topological polar surface area (TPSA) is 99.3 Å². The molecule has 0 saturated carbocycles. The van der Waals surface area contributed by atoms with Gasteiger partial charge in [0.15, 0.2) is 0 Å². The standard InChI is InChI=1S/C37H56N4O5/c1-23(2)31(39(8)36(44)33(24(3)4)38-34(42)29-16-11-12-20-40(29)25(5)6)22-26(7)35(43)41-21-13-17-30(41)37(45)46-32-19-18-27-14-9-10-15-28(27)32/h9-10,14-15,22-25,29-33H,11-13,16-21H2,1-8H3,(H,38,42)/t29?,30-,31+,32?,33-/m0/s1. The fourth-order valence-corrected chi connectivity index (χ4v) is 7.40. The summed E-state index contributed by atoms with van der Waals surface area (Å²) in [7, 11) is 1.75. The third kappa shape index (κ3) is 8.01. The summed E-state index contributed by atoms with van der Waals surface area (Å²) < 4.78 is 5.97. The highest BCUT2D eigenvalue weighted by atomic mass is 16.5. The van der Waals surface area contributed by atoms with Crippen LogP contribution in [0, 0.1) is 11.8 Å². The number of rotatable bonds is 11. The number of benzene rings is 1. The molecule has 0 bridgehead atoms. The van der Waals surface area contributed by atoms with Gasteiger partial charge in [-0.2, -0.15) is 0 Å². The molecular formula is C37H56N4O5. The number of amides is 3. The molecule has 2 saturated heterocycles. The molecule has 1 aromatic rings. The van der Waals surface area contributed by atoms with Crippen molar-refractivity contribution in [1.29, 1.82) is 0 Å². The van der Waals surface area contributed by atoms with Crippen LogP contribution in [0.5, 0.6) is 0 Å². The van der Waals surface area contributed by atoms with E-state index in [1.807, 2.05) is 52.0 Å². The molecule has 0 aromatic heterocycles. The number of likely N-dealkylation sites (N-methyl/N-ethyl adjacent to an activating group) is 1. The largest absolute Gasteiger partial charge is 0.456 e. The molecule has 1 N–H and O–H groups in total. The van der Waals surface area contributed by atoms with Crippen molar-refractivity contribution in [2.75, 3.05) is 20.1 Å². The molecule has 3 amide bonds. The van der Waals surface area contributed by atoms with Crippen LogP contribution in [-0.4, -0.2) is 88.7 Å². The Labute approximate surface area is 276 Å². The molecule has 46 heavy (non-hydrogen) atoms. The normalized spacial score (nSPS) is 23.4. The smallest absolute Gasteiger partial charge is 0.329 e. The maximum absolute atomic E-state index is 14.0. The van der Waals surface area contributed by atoms with Crippen LogP contribution in [0.25, 0.3) is 0 Å². The summed E-state index contributed by atoms with van der Waals surface area (Å²) in [5, 5.41) is 3.10. The van der Waals surface area contributed by atoms with Gasteiger partial charge in [-0.05, 0) is 88.8 Å². The first-order valence-electron chi connectivity index (χ1n) is 17.4. The molecular weight excluding hydrogens is 580 g/mol. The van der Waals surface area contributed by atoms with Crippen LogP contribution < -0.4 is 5.32 Å². The van der Waals surface area contributed by atoms with Gasteiger partial charge in [-0.1, -0.05) is 64.5 Å². The lowest BCUT2D eigenvalue weighted by Gasteiger charge is -2.39. The van der Waals surface area contributed by atoms with Crippen molar-refractivity contribution in [2.45, 2.75) is 130 Å². The molecule has 2 heterocycles. The summed E-state index contributed by atoms with van der Waals surface area (Å²) in [4.78, 5) is 60.1. The number of nitrogens with one attached hydrogen (secondary N) is 1. The number of piperidine rings is 1. The molecule has 2 aliphatic heterocycles. The van der Waals surface area contributed by atoms with Crippen LogP contribution in [0.2, 0.25) is 0 Å². The van der Waals surface area contributed by atoms with Crippen LogP contribution >= 0.6 is 0 Å². The van der Waals surface area contributed by atoms with Gasteiger partial charge in [0.05, 0.1) is 12.1 Å². The number of carbonyl (C=O) groups is 4. The third-order valence-electron chi connectivity index (χ3n) is 10.1.